The Balaban J connectivity index is 2.05. The van der Waals surface area contributed by atoms with Crippen molar-refractivity contribution < 1.29 is 4.79 Å². The summed E-state index contributed by atoms with van der Waals surface area (Å²) in [5.74, 6) is 1.21. The molecule has 0 bridgehead atoms. The monoisotopic (exact) mass is 249 g/mol. The summed E-state index contributed by atoms with van der Waals surface area (Å²) in [5.41, 5.74) is 6.97. The Hall–Kier alpha value is -1.45. The van der Waals surface area contributed by atoms with E-state index in [2.05, 4.69) is 19.2 Å². The molecule has 1 fully saturated rings. The van der Waals surface area contributed by atoms with Crippen molar-refractivity contribution in [3.8, 4) is 0 Å². The summed E-state index contributed by atoms with van der Waals surface area (Å²) >= 11 is 0. The van der Waals surface area contributed by atoms with Crippen LogP contribution in [0.25, 0.3) is 0 Å². The number of hydrogen-bond acceptors (Lipinski definition) is 2. The second-order valence-electron chi connectivity index (χ2n) is 5.62. The molecule has 0 saturated heterocycles. The molecule has 3 atom stereocenters. The lowest BCUT2D eigenvalue weighted by atomic mass is 9.78. The highest BCUT2D eigenvalue weighted by Crippen LogP contribution is 2.29. The standard InChI is InChI=1S/C14H23N3O/c1-9-5-4-6-12(10(9)2)16-14(18)13-7-11(15)8-17(13)3/h7-10,12H,4-6,15H2,1-3H3,(H,16,18). The number of nitrogen functional groups attached to an aromatic ring is 1. The predicted octanol–water partition coefficient (Wildman–Crippen LogP) is 2.16. The van der Waals surface area contributed by atoms with Crippen LogP contribution in [0.4, 0.5) is 5.69 Å². The van der Waals surface area contributed by atoms with Gasteiger partial charge in [0.05, 0.1) is 5.69 Å². The summed E-state index contributed by atoms with van der Waals surface area (Å²) in [5, 5.41) is 3.15. The number of aromatic nitrogens is 1. The van der Waals surface area contributed by atoms with Crippen LogP contribution in [-0.4, -0.2) is 16.5 Å². The van der Waals surface area contributed by atoms with Gasteiger partial charge in [0.2, 0.25) is 0 Å². The van der Waals surface area contributed by atoms with Crippen LogP contribution in [0.15, 0.2) is 12.3 Å². The molecule has 1 aliphatic rings. The molecule has 0 aromatic carbocycles. The zero-order valence-corrected chi connectivity index (χ0v) is 11.4. The van der Waals surface area contributed by atoms with Crippen LogP contribution >= 0.6 is 0 Å². The Bertz CT molecular complexity index is 438. The zero-order chi connectivity index (χ0) is 13.3. The first-order valence-corrected chi connectivity index (χ1v) is 6.71. The Morgan fingerprint density at radius 1 is 1.44 bits per heavy atom. The number of carbonyl (C=O) groups is 1. The first-order valence-electron chi connectivity index (χ1n) is 6.71. The van der Waals surface area contributed by atoms with Crippen molar-refractivity contribution >= 4 is 11.6 Å². The molecule has 1 amide bonds. The van der Waals surface area contributed by atoms with Gasteiger partial charge in [-0.15, -0.1) is 0 Å². The number of aryl methyl sites for hydroxylation is 1. The Labute approximate surface area is 109 Å². The van der Waals surface area contributed by atoms with Crippen molar-refractivity contribution in [3.05, 3.63) is 18.0 Å². The minimum Gasteiger partial charge on any atom is -0.397 e. The molecule has 100 valence electrons. The highest BCUT2D eigenvalue weighted by atomic mass is 16.2. The van der Waals surface area contributed by atoms with E-state index in [9.17, 15) is 4.79 Å². The number of rotatable bonds is 2. The zero-order valence-electron chi connectivity index (χ0n) is 11.4. The van der Waals surface area contributed by atoms with E-state index >= 15 is 0 Å². The van der Waals surface area contributed by atoms with Crippen molar-refractivity contribution in [3.63, 3.8) is 0 Å². The van der Waals surface area contributed by atoms with Gasteiger partial charge < -0.3 is 15.6 Å². The summed E-state index contributed by atoms with van der Waals surface area (Å²) in [4.78, 5) is 12.2. The van der Waals surface area contributed by atoms with Crippen LogP contribution in [0.2, 0.25) is 0 Å². The summed E-state index contributed by atoms with van der Waals surface area (Å²) in [6.45, 7) is 4.50. The number of hydrogen-bond donors (Lipinski definition) is 2. The van der Waals surface area contributed by atoms with E-state index in [1.54, 1.807) is 16.8 Å². The van der Waals surface area contributed by atoms with E-state index in [-0.39, 0.29) is 11.9 Å². The van der Waals surface area contributed by atoms with E-state index < -0.39 is 0 Å². The molecule has 1 aromatic heterocycles. The fraction of sp³-hybridized carbons (Fsp3) is 0.643. The van der Waals surface area contributed by atoms with Gasteiger partial charge in [0.1, 0.15) is 5.69 Å². The van der Waals surface area contributed by atoms with Crippen LogP contribution in [0.3, 0.4) is 0 Å². The second-order valence-corrected chi connectivity index (χ2v) is 5.62. The van der Waals surface area contributed by atoms with Gasteiger partial charge in [-0.1, -0.05) is 26.7 Å². The lowest BCUT2D eigenvalue weighted by Gasteiger charge is -2.34. The Morgan fingerprint density at radius 2 is 2.17 bits per heavy atom. The maximum absolute atomic E-state index is 12.2. The lowest BCUT2D eigenvalue weighted by Crippen LogP contribution is -2.44. The van der Waals surface area contributed by atoms with E-state index in [1.165, 1.54) is 12.8 Å². The van der Waals surface area contributed by atoms with Crippen LogP contribution < -0.4 is 11.1 Å². The van der Waals surface area contributed by atoms with Gasteiger partial charge in [-0.2, -0.15) is 0 Å². The summed E-state index contributed by atoms with van der Waals surface area (Å²) in [6, 6.07) is 2.02. The van der Waals surface area contributed by atoms with Crippen molar-refractivity contribution in [2.24, 2.45) is 18.9 Å². The Kier molecular flexibility index (Phi) is 3.64. The van der Waals surface area contributed by atoms with Crippen LogP contribution in [-0.2, 0) is 7.05 Å². The molecule has 1 aromatic rings. The van der Waals surface area contributed by atoms with Gasteiger partial charge in [0.15, 0.2) is 0 Å². The maximum atomic E-state index is 12.2. The molecular weight excluding hydrogens is 226 g/mol. The van der Waals surface area contributed by atoms with E-state index in [1.807, 2.05) is 7.05 Å². The highest BCUT2D eigenvalue weighted by molar-refractivity contribution is 5.94. The minimum absolute atomic E-state index is 0.0137. The van der Waals surface area contributed by atoms with Gasteiger partial charge in [-0.05, 0) is 24.3 Å². The average molecular weight is 249 g/mol. The fourth-order valence-corrected chi connectivity index (χ4v) is 2.84. The first kappa shape index (κ1) is 13.0. The molecule has 0 aliphatic heterocycles. The molecule has 18 heavy (non-hydrogen) atoms. The fourth-order valence-electron chi connectivity index (χ4n) is 2.84. The summed E-state index contributed by atoms with van der Waals surface area (Å²) in [6.07, 6.45) is 5.31. The molecule has 1 aliphatic carbocycles. The van der Waals surface area contributed by atoms with Gasteiger partial charge >= 0.3 is 0 Å². The molecule has 1 heterocycles. The quantitative estimate of drug-likeness (QED) is 0.843. The van der Waals surface area contributed by atoms with Crippen LogP contribution in [0.5, 0.6) is 0 Å². The van der Waals surface area contributed by atoms with E-state index in [4.69, 9.17) is 5.73 Å². The molecule has 4 nitrogen and oxygen atoms in total. The number of amides is 1. The number of nitrogens with zero attached hydrogens (tertiary/aromatic N) is 1. The topological polar surface area (TPSA) is 60.1 Å². The third-order valence-electron chi connectivity index (χ3n) is 4.28. The average Bonchev–Trinajstić information content (AvgIpc) is 2.64. The molecular formula is C14H23N3O. The summed E-state index contributed by atoms with van der Waals surface area (Å²) < 4.78 is 1.78. The van der Waals surface area contributed by atoms with Crippen molar-refractivity contribution in [2.75, 3.05) is 5.73 Å². The molecule has 4 heteroatoms. The van der Waals surface area contributed by atoms with Gasteiger partial charge in [0.25, 0.3) is 5.91 Å². The Morgan fingerprint density at radius 3 is 2.78 bits per heavy atom. The SMILES string of the molecule is CC1CCCC(NC(=O)c2cc(N)cn2C)C1C. The molecule has 3 N–H and O–H groups in total. The maximum Gasteiger partial charge on any atom is 0.268 e. The molecule has 3 unspecified atom stereocenters. The normalized spacial score (nSPS) is 28.1. The third kappa shape index (κ3) is 2.52. The largest absolute Gasteiger partial charge is 0.397 e. The first-order chi connectivity index (χ1) is 8.49. The van der Waals surface area contributed by atoms with Crippen LogP contribution in [0.1, 0.15) is 43.6 Å². The highest BCUT2D eigenvalue weighted by Gasteiger charge is 2.28. The van der Waals surface area contributed by atoms with Crippen molar-refractivity contribution in [1.82, 2.24) is 9.88 Å². The van der Waals surface area contributed by atoms with Crippen LogP contribution in [0, 0.1) is 11.8 Å². The minimum atomic E-state index is -0.0137. The number of nitrogens with one attached hydrogen (secondary N) is 1. The van der Waals surface area contributed by atoms with Gasteiger partial charge in [-0.25, -0.2) is 0 Å². The van der Waals surface area contributed by atoms with E-state index in [0.29, 0.717) is 23.2 Å². The van der Waals surface area contributed by atoms with Crippen molar-refractivity contribution in [2.45, 2.75) is 39.2 Å². The van der Waals surface area contributed by atoms with Crippen molar-refractivity contribution in [1.29, 1.82) is 0 Å². The molecule has 0 spiro atoms. The number of carbonyl (C=O) groups excluding carboxylic acids is 1. The summed E-state index contributed by atoms with van der Waals surface area (Å²) in [7, 11) is 1.85. The number of anilines is 1. The molecule has 0 radical (unpaired) electrons. The molecule has 2 rings (SSSR count). The van der Waals surface area contributed by atoms with Gasteiger partial charge in [0, 0.05) is 19.3 Å². The smallest absolute Gasteiger partial charge is 0.268 e. The van der Waals surface area contributed by atoms with Gasteiger partial charge in [-0.3, -0.25) is 4.79 Å². The number of nitrogens with two attached hydrogens (primary N) is 1. The predicted molar refractivity (Wildman–Crippen MR) is 73.3 cm³/mol. The third-order valence-corrected chi connectivity index (χ3v) is 4.28. The second kappa shape index (κ2) is 5.04. The van der Waals surface area contributed by atoms with E-state index in [0.717, 1.165) is 6.42 Å². The molecule has 1 saturated carbocycles. The lowest BCUT2D eigenvalue weighted by molar-refractivity contribution is 0.0883.